The Morgan fingerprint density at radius 3 is 2.28 bits per heavy atom. The Bertz CT molecular complexity index is 1620. The number of benzene rings is 3. The number of allylic oxidation sites excluding steroid dienone is 1. The number of fused-ring (bicyclic) bond motifs is 3. The van der Waals surface area contributed by atoms with Gasteiger partial charge in [0.2, 0.25) is 0 Å². The van der Waals surface area contributed by atoms with Gasteiger partial charge >= 0.3 is 0 Å². The van der Waals surface area contributed by atoms with Gasteiger partial charge in [-0.1, -0.05) is 73.9 Å². The zero-order valence-corrected chi connectivity index (χ0v) is 21.9. The quantitative estimate of drug-likeness (QED) is 0.192. The van der Waals surface area contributed by atoms with Crippen LogP contribution in [-0.4, -0.2) is 19.4 Å². The summed E-state index contributed by atoms with van der Waals surface area (Å²) in [6.07, 6.45) is 1.80. The summed E-state index contributed by atoms with van der Waals surface area (Å²) in [4.78, 5) is 29.6. The summed E-state index contributed by atoms with van der Waals surface area (Å²) >= 11 is 1.64. The Kier molecular flexibility index (Phi) is 5.00. The maximum atomic E-state index is 13.2. The minimum absolute atomic E-state index is 0.181. The second-order valence-electron chi connectivity index (χ2n) is 10.4. The summed E-state index contributed by atoms with van der Waals surface area (Å²) in [6.45, 7) is 8.80. The smallest absolute Gasteiger partial charge is 0.197 e. The first-order valence-corrected chi connectivity index (χ1v) is 13.0. The number of Topliss-reactive ketones (excluding diaryl/α,β-unsaturated/α-hetero) is 2. The molecule has 4 aromatic rings. The van der Waals surface area contributed by atoms with E-state index in [0.717, 1.165) is 15.3 Å². The number of anilines is 3. The van der Waals surface area contributed by atoms with Crippen molar-refractivity contribution in [1.82, 2.24) is 0 Å². The molecule has 1 aromatic heterocycles. The monoisotopic (exact) mass is 487 g/mol. The largest absolute Gasteiger partial charge is 0.301 e. The number of hydrogen-bond acceptors (Lipinski definition) is 4. The minimum Gasteiger partial charge on any atom is -0.301 e. The standard InChI is InChI=1S/C31H26BNO2S/c1-17-8-7-9-18(2)27(17)33-26-11-6-5-10-24(26)31(3,4)25-16-20(36-30(25)33)15-23-28(34)21-13-12-19(32)14-22(21)29(23)35/h5-16H,32H2,1-4H3/b23-15+. The summed E-state index contributed by atoms with van der Waals surface area (Å²) in [5.41, 5.74) is 9.24. The van der Waals surface area contributed by atoms with E-state index in [9.17, 15) is 9.59 Å². The number of aryl methyl sites for hydroxylation is 2. The third kappa shape index (κ3) is 3.19. The molecule has 2 aliphatic rings. The van der Waals surface area contributed by atoms with Gasteiger partial charge in [-0.3, -0.25) is 9.59 Å². The van der Waals surface area contributed by atoms with Crippen molar-refractivity contribution in [3.8, 4) is 0 Å². The lowest BCUT2D eigenvalue weighted by Gasteiger charge is -2.40. The van der Waals surface area contributed by atoms with Gasteiger partial charge in [0, 0.05) is 21.4 Å². The summed E-state index contributed by atoms with van der Waals surface area (Å²) in [6, 6.07) is 22.6. The van der Waals surface area contributed by atoms with Gasteiger partial charge in [-0.15, -0.1) is 11.3 Å². The van der Waals surface area contributed by atoms with Gasteiger partial charge in [0.25, 0.3) is 0 Å². The van der Waals surface area contributed by atoms with E-state index >= 15 is 0 Å². The van der Waals surface area contributed by atoms with Gasteiger partial charge in [-0.05, 0) is 54.3 Å². The van der Waals surface area contributed by atoms with Gasteiger partial charge in [0.05, 0.1) is 16.9 Å². The van der Waals surface area contributed by atoms with Crippen LogP contribution in [0.2, 0.25) is 0 Å². The molecule has 36 heavy (non-hydrogen) atoms. The molecule has 0 radical (unpaired) electrons. The molecule has 0 saturated heterocycles. The zero-order valence-electron chi connectivity index (χ0n) is 21.1. The highest BCUT2D eigenvalue weighted by atomic mass is 32.1. The van der Waals surface area contributed by atoms with E-state index in [1.54, 1.807) is 23.5 Å². The van der Waals surface area contributed by atoms with E-state index in [2.05, 4.69) is 81.1 Å². The Balaban J connectivity index is 1.55. The second kappa shape index (κ2) is 7.91. The summed E-state index contributed by atoms with van der Waals surface area (Å²) in [5.74, 6) is -0.366. The van der Waals surface area contributed by atoms with Crippen molar-refractivity contribution in [3.63, 3.8) is 0 Å². The lowest BCUT2D eigenvalue weighted by Crippen LogP contribution is -2.29. The first-order valence-electron chi connectivity index (χ1n) is 12.2. The molecule has 176 valence electrons. The van der Waals surface area contributed by atoms with E-state index in [1.165, 1.54) is 33.6 Å². The second-order valence-corrected chi connectivity index (χ2v) is 11.4. The molecule has 0 spiro atoms. The summed E-state index contributed by atoms with van der Waals surface area (Å²) < 4.78 is 0. The van der Waals surface area contributed by atoms with Crippen LogP contribution in [0.1, 0.15) is 61.7 Å². The van der Waals surface area contributed by atoms with Crippen LogP contribution >= 0.6 is 11.3 Å². The molecule has 0 N–H and O–H groups in total. The van der Waals surface area contributed by atoms with Crippen LogP contribution in [0.5, 0.6) is 0 Å². The van der Waals surface area contributed by atoms with Gasteiger partial charge in [-0.25, -0.2) is 0 Å². The molecule has 3 aromatic carbocycles. The van der Waals surface area contributed by atoms with Crippen LogP contribution in [0.15, 0.2) is 72.3 Å². The van der Waals surface area contributed by atoms with Crippen molar-refractivity contribution < 1.29 is 9.59 Å². The van der Waals surface area contributed by atoms with Crippen LogP contribution in [-0.2, 0) is 5.41 Å². The number of rotatable bonds is 2. The molecule has 0 saturated carbocycles. The average Bonchev–Trinajstić information content (AvgIpc) is 3.37. The number of thiophene rings is 1. The first-order chi connectivity index (χ1) is 17.2. The molecular formula is C31H26BNO2S. The summed E-state index contributed by atoms with van der Waals surface area (Å²) in [7, 11) is 1.94. The van der Waals surface area contributed by atoms with Crippen molar-refractivity contribution in [2.24, 2.45) is 0 Å². The van der Waals surface area contributed by atoms with E-state index in [-0.39, 0.29) is 22.6 Å². The van der Waals surface area contributed by atoms with Crippen molar-refractivity contribution in [2.75, 3.05) is 4.90 Å². The highest BCUT2D eigenvalue weighted by molar-refractivity contribution is 7.17. The third-order valence-electron chi connectivity index (χ3n) is 7.53. The number of nitrogens with zero attached hydrogens (tertiary/aromatic N) is 1. The normalized spacial score (nSPS) is 16.8. The third-order valence-corrected chi connectivity index (χ3v) is 8.60. The Morgan fingerprint density at radius 1 is 0.833 bits per heavy atom. The van der Waals surface area contributed by atoms with Gasteiger partial charge in [0.15, 0.2) is 11.6 Å². The van der Waals surface area contributed by atoms with Gasteiger partial charge in [0.1, 0.15) is 12.8 Å². The lowest BCUT2D eigenvalue weighted by atomic mass is 9.75. The van der Waals surface area contributed by atoms with Crippen molar-refractivity contribution in [1.29, 1.82) is 0 Å². The number of carbonyl (C=O) groups excluding carboxylic acids is 2. The van der Waals surface area contributed by atoms with E-state index in [1.807, 2.05) is 20.0 Å². The molecule has 0 unspecified atom stereocenters. The Hall–Kier alpha value is -3.70. The fraction of sp³-hybridized carbons (Fsp3) is 0.161. The van der Waals surface area contributed by atoms with E-state index < -0.39 is 0 Å². The predicted molar refractivity (Wildman–Crippen MR) is 152 cm³/mol. The molecule has 0 fully saturated rings. The predicted octanol–water partition coefficient (Wildman–Crippen LogP) is 6.20. The molecule has 0 bridgehead atoms. The minimum atomic E-state index is -0.226. The lowest BCUT2D eigenvalue weighted by molar-refractivity contribution is 0.0990. The van der Waals surface area contributed by atoms with Gasteiger partial charge in [-0.2, -0.15) is 0 Å². The number of ketones is 2. The summed E-state index contributed by atoms with van der Waals surface area (Å²) in [5, 5.41) is 1.13. The Labute approximate surface area is 216 Å². The van der Waals surface area contributed by atoms with Crippen molar-refractivity contribution in [3.05, 3.63) is 111 Å². The van der Waals surface area contributed by atoms with E-state index in [0.29, 0.717) is 11.1 Å². The molecule has 2 heterocycles. The fourth-order valence-corrected chi connectivity index (χ4v) is 6.91. The molecule has 0 amide bonds. The molecule has 5 heteroatoms. The zero-order chi connectivity index (χ0) is 25.4. The topological polar surface area (TPSA) is 37.4 Å². The molecule has 6 rings (SSSR count). The number of para-hydroxylation sites is 2. The van der Waals surface area contributed by atoms with E-state index in [4.69, 9.17) is 0 Å². The molecule has 1 aliphatic heterocycles. The average molecular weight is 487 g/mol. The number of carbonyl (C=O) groups is 2. The first kappa shape index (κ1) is 22.7. The number of hydrogen-bond donors (Lipinski definition) is 0. The van der Waals surface area contributed by atoms with Crippen LogP contribution in [0.3, 0.4) is 0 Å². The SMILES string of the molecule is Bc1ccc2c(c1)C(=O)/C(=C/c1cc3c(s1)N(c1c(C)cccc1C)c1ccccc1C3(C)C)C2=O. The highest BCUT2D eigenvalue weighted by Crippen LogP contribution is 2.56. The molecule has 3 nitrogen and oxygen atoms in total. The van der Waals surface area contributed by atoms with Gasteiger partial charge < -0.3 is 4.90 Å². The fourth-order valence-electron chi connectivity index (χ4n) is 5.63. The maximum Gasteiger partial charge on any atom is 0.197 e. The van der Waals surface area contributed by atoms with Crippen LogP contribution < -0.4 is 10.4 Å². The Morgan fingerprint density at radius 2 is 1.53 bits per heavy atom. The maximum absolute atomic E-state index is 13.2. The van der Waals surface area contributed by atoms with Crippen LogP contribution in [0, 0.1) is 13.8 Å². The highest BCUT2D eigenvalue weighted by Gasteiger charge is 2.40. The molecule has 0 atom stereocenters. The van der Waals surface area contributed by atoms with Crippen LogP contribution in [0.4, 0.5) is 16.4 Å². The molecular weight excluding hydrogens is 461 g/mol. The van der Waals surface area contributed by atoms with Crippen molar-refractivity contribution >= 4 is 58.7 Å². The van der Waals surface area contributed by atoms with Crippen LogP contribution in [0.25, 0.3) is 6.08 Å². The molecule has 1 aliphatic carbocycles. The van der Waals surface area contributed by atoms with Crippen molar-refractivity contribution in [2.45, 2.75) is 33.1 Å².